The van der Waals surface area contributed by atoms with Crippen molar-refractivity contribution in [3.8, 4) is 0 Å². The van der Waals surface area contributed by atoms with E-state index in [9.17, 15) is 13.2 Å². The summed E-state index contributed by atoms with van der Waals surface area (Å²) < 4.78 is 25.3. The standard InChI is InChI=1S/C16H17ClN2O3S/c1-19(2)23(21,22)15-8-4-6-13(10-15)16(20)18-11-12-5-3-7-14(17)9-12/h3-10H,11H2,1-2H3,(H,18,20). The van der Waals surface area contributed by atoms with Crippen molar-refractivity contribution in [2.75, 3.05) is 14.1 Å². The first-order chi connectivity index (χ1) is 10.8. The molecule has 0 saturated carbocycles. The van der Waals surface area contributed by atoms with Gasteiger partial charge in [0.25, 0.3) is 5.91 Å². The van der Waals surface area contributed by atoms with Crippen LogP contribution in [0.1, 0.15) is 15.9 Å². The Morgan fingerprint density at radius 2 is 1.83 bits per heavy atom. The average Bonchev–Trinajstić information content (AvgIpc) is 2.52. The number of hydrogen-bond donors (Lipinski definition) is 1. The molecule has 1 N–H and O–H groups in total. The zero-order valence-corrected chi connectivity index (χ0v) is 14.4. The summed E-state index contributed by atoms with van der Waals surface area (Å²) in [5, 5.41) is 3.34. The maximum atomic E-state index is 12.2. The molecule has 0 spiro atoms. The van der Waals surface area contributed by atoms with Crippen LogP contribution in [0.2, 0.25) is 5.02 Å². The van der Waals surface area contributed by atoms with Crippen LogP contribution in [0, 0.1) is 0 Å². The first-order valence-corrected chi connectivity index (χ1v) is 8.68. The molecule has 7 heteroatoms. The Bertz CT molecular complexity index is 820. The lowest BCUT2D eigenvalue weighted by molar-refractivity contribution is 0.0950. The number of sulfonamides is 1. The maximum absolute atomic E-state index is 12.2. The molecular formula is C16H17ClN2O3S. The third-order valence-electron chi connectivity index (χ3n) is 3.22. The lowest BCUT2D eigenvalue weighted by Crippen LogP contribution is -2.25. The van der Waals surface area contributed by atoms with E-state index in [-0.39, 0.29) is 16.4 Å². The lowest BCUT2D eigenvalue weighted by atomic mass is 10.2. The van der Waals surface area contributed by atoms with E-state index in [0.717, 1.165) is 9.87 Å². The van der Waals surface area contributed by atoms with E-state index in [1.807, 2.05) is 6.07 Å². The van der Waals surface area contributed by atoms with E-state index in [1.165, 1.54) is 26.2 Å². The number of carbonyl (C=O) groups is 1. The first-order valence-electron chi connectivity index (χ1n) is 6.86. The third-order valence-corrected chi connectivity index (χ3v) is 5.26. The van der Waals surface area contributed by atoms with Crippen LogP contribution in [0.4, 0.5) is 0 Å². The van der Waals surface area contributed by atoms with Crippen LogP contribution in [0.5, 0.6) is 0 Å². The molecule has 5 nitrogen and oxygen atoms in total. The molecule has 1 amide bonds. The quantitative estimate of drug-likeness (QED) is 0.899. The molecular weight excluding hydrogens is 336 g/mol. The number of nitrogens with one attached hydrogen (secondary N) is 1. The van der Waals surface area contributed by atoms with Gasteiger partial charge in [0, 0.05) is 31.2 Å². The normalized spacial score (nSPS) is 11.5. The SMILES string of the molecule is CN(C)S(=O)(=O)c1cccc(C(=O)NCc2cccc(Cl)c2)c1. The highest BCUT2D eigenvalue weighted by Gasteiger charge is 2.18. The molecule has 0 fully saturated rings. The molecule has 2 aromatic rings. The number of halogens is 1. The molecule has 2 rings (SSSR count). The molecule has 0 heterocycles. The summed E-state index contributed by atoms with van der Waals surface area (Å²) in [6.07, 6.45) is 0. The number of carbonyl (C=O) groups excluding carboxylic acids is 1. The predicted molar refractivity (Wildman–Crippen MR) is 89.9 cm³/mol. The van der Waals surface area contributed by atoms with Crippen LogP contribution in [0.15, 0.2) is 53.4 Å². The van der Waals surface area contributed by atoms with Gasteiger partial charge in [-0.3, -0.25) is 4.79 Å². The van der Waals surface area contributed by atoms with E-state index in [4.69, 9.17) is 11.6 Å². The summed E-state index contributed by atoms with van der Waals surface area (Å²) >= 11 is 5.89. The number of hydrogen-bond acceptors (Lipinski definition) is 3. The molecule has 0 aliphatic rings. The molecule has 23 heavy (non-hydrogen) atoms. The maximum Gasteiger partial charge on any atom is 0.251 e. The number of nitrogens with zero attached hydrogens (tertiary/aromatic N) is 1. The van der Waals surface area contributed by atoms with E-state index in [1.54, 1.807) is 30.3 Å². The molecule has 122 valence electrons. The Hall–Kier alpha value is -1.89. The van der Waals surface area contributed by atoms with Gasteiger partial charge in [0.15, 0.2) is 0 Å². The second-order valence-electron chi connectivity index (χ2n) is 5.13. The molecule has 0 aliphatic heterocycles. The average molecular weight is 353 g/mol. The Labute approximate surface area is 140 Å². The van der Waals surface area contributed by atoms with Gasteiger partial charge >= 0.3 is 0 Å². The second-order valence-corrected chi connectivity index (χ2v) is 7.72. The smallest absolute Gasteiger partial charge is 0.251 e. The summed E-state index contributed by atoms with van der Waals surface area (Å²) in [5.41, 5.74) is 1.15. The fraction of sp³-hybridized carbons (Fsp3) is 0.188. The molecule has 0 bridgehead atoms. The highest BCUT2D eigenvalue weighted by atomic mass is 35.5. The van der Waals surface area contributed by atoms with Crippen molar-refractivity contribution in [3.05, 3.63) is 64.7 Å². The number of benzene rings is 2. The van der Waals surface area contributed by atoms with Gasteiger partial charge in [-0.2, -0.15) is 0 Å². The highest BCUT2D eigenvalue weighted by Crippen LogP contribution is 2.15. The van der Waals surface area contributed by atoms with Gasteiger partial charge in [-0.1, -0.05) is 29.8 Å². The van der Waals surface area contributed by atoms with E-state index < -0.39 is 10.0 Å². The van der Waals surface area contributed by atoms with Crippen molar-refractivity contribution in [1.29, 1.82) is 0 Å². The highest BCUT2D eigenvalue weighted by molar-refractivity contribution is 7.89. The Morgan fingerprint density at radius 1 is 1.13 bits per heavy atom. The Kier molecular flexibility index (Phi) is 5.41. The van der Waals surface area contributed by atoms with Crippen LogP contribution < -0.4 is 5.32 Å². The zero-order chi connectivity index (χ0) is 17.0. The van der Waals surface area contributed by atoms with Crippen molar-refractivity contribution < 1.29 is 13.2 Å². The lowest BCUT2D eigenvalue weighted by Gasteiger charge is -2.12. The summed E-state index contributed by atoms with van der Waals surface area (Å²) in [5.74, 6) is -0.346. The summed E-state index contributed by atoms with van der Waals surface area (Å²) in [6, 6.07) is 13.1. The zero-order valence-electron chi connectivity index (χ0n) is 12.8. The fourth-order valence-electron chi connectivity index (χ4n) is 1.94. The minimum Gasteiger partial charge on any atom is -0.348 e. The van der Waals surface area contributed by atoms with Crippen LogP contribution >= 0.6 is 11.6 Å². The molecule has 0 saturated heterocycles. The fourth-order valence-corrected chi connectivity index (χ4v) is 3.10. The van der Waals surface area contributed by atoms with E-state index in [0.29, 0.717) is 11.6 Å². The molecule has 0 atom stereocenters. The van der Waals surface area contributed by atoms with Gasteiger partial charge in [0.2, 0.25) is 10.0 Å². The van der Waals surface area contributed by atoms with Crippen molar-refractivity contribution >= 4 is 27.5 Å². The number of rotatable bonds is 5. The molecule has 0 radical (unpaired) electrons. The van der Waals surface area contributed by atoms with Gasteiger partial charge < -0.3 is 5.32 Å². The van der Waals surface area contributed by atoms with Crippen LogP contribution in [0.25, 0.3) is 0 Å². The van der Waals surface area contributed by atoms with Crippen LogP contribution in [-0.4, -0.2) is 32.7 Å². The molecule has 2 aromatic carbocycles. The van der Waals surface area contributed by atoms with Crippen LogP contribution in [-0.2, 0) is 16.6 Å². The Morgan fingerprint density at radius 3 is 2.48 bits per heavy atom. The van der Waals surface area contributed by atoms with Gasteiger partial charge in [-0.05, 0) is 35.9 Å². The minimum atomic E-state index is -3.57. The first kappa shape index (κ1) is 17.5. The minimum absolute atomic E-state index is 0.0814. The Balaban J connectivity index is 2.14. The van der Waals surface area contributed by atoms with Crippen molar-refractivity contribution in [2.45, 2.75) is 11.4 Å². The van der Waals surface area contributed by atoms with E-state index >= 15 is 0 Å². The second kappa shape index (κ2) is 7.12. The summed E-state index contributed by atoms with van der Waals surface area (Å²) in [6.45, 7) is 0.310. The number of amides is 1. The van der Waals surface area contributed by atoms with Gasteiger partial charge in [0.1, 0.15) is 0 Å². The largest absolute Gasteiger partial charge is 0.348 e. The van der Waals surface area contributed by atoms with E-state index in [2.05, 4.69) is 5.32 Å². The topological polar surface area (TPSA) is 66.5 Å². The molecule has 0 aromatic heterocycles. The predicted octanol–water partition coefficient (Wildman–Crippen LogP) is 2.52. The van der Waals surface area contributed by atoms with Gasteiger partial charge in [-0.15, -0.1) is 0 Å². The third kappa shape index (κ3) is 4.31. The van der Waals surface area contributed by atoms with Gasteiger partial charge in [0.05, 0.1) is 4.90 Å². The van der Waals surface area contributed by atoms with Gasteiger partial charge in [-0.25, -0.2) is 12.7 Å². The summed E-state index contributed by atoms with van der Waals surface area (Å²) in [7, 11) is -0.678. The molecule has 0 aliphatic carbocycles. The summed E-state index contributed by atoms with van der Waals surface area (Å²) in [4.78, 5) is 12.3. The van der Waals surface area contributed by atoms with Crippen molar-refractivity contribution in [1.82, 2.24) is 9.62 Å². The van der Waals surface area contributed by atoms with Crippen LogP contribution in [0.3, 0.4) is 0 Å². The monoisotopic (exact) mass is 352 g/mol. The van der Waals surface area contributed by atoms with Crippen molar-refractivity contribution in [3.63, 3.8) is 0 Å². The van der Waals surface area contributed by atoms with Crippen molar-refractivity contribution in [2.24, 2.45) is 0 Å². The molecule has 0 unspecified atom stereocenters.